The van der Waals surface area contributed by atoms with E-state index in [0.717, 1.165) is 30.6 Å². The number of benzene rings is 1. The first-order valence-corrected chi connectivity index (χ1v) is 13.4. The van der Waals surface area contributed by atoms with E-state index in [1.807, 2.05) is 29.6 Å². The van der Waals surface area contributed by atoms with Crippen LogP contribution in [0.25, 0.3) is 0 Å². The van der Waals surface area contributed by atoms with Gasteiger partial charge in [-0.1, -0.05) is 50.3 Å². The average Bonchev–Trinajstić information content (AvgIpc) is 3.67. The van der Waals surface area contributed by atoms with Crippen molar-refractivity contribution in [3.63, 3.8) is 0 Å². The van der Waals surface area contributed by atoms with Crippen LogP contribution in [-0.2, 0) is 4.79 Å². The first kappa shape index (κ1) is 22.9. The Bertz CT molecular complexity index is 1060. The summed E-state index contributed by atoms with van der Waals surface area (Å²) in [6, 6.07) is 14.9. The molecule has 1 aromatic carbocycles. The van der Waals surface area contributed by atoms with Crippen LogP contribution in [0, 0.1) is 0 Å². The fourth-order valence-corrected chi connectivity index (χ4v) is 6.23. The molecule has 0 aliphatic heterocycles. The fourth-order valence-electron chi connectivity index (χ4n) is 5.42. The van der Waals surface area contributed by atoms with Crippen LogP contribution in [0.1, 0.15) is 90.7 Å². The molecule has 2 saturated carbocycles. The molecular weight excluding hydrogens is 444 g/mol. The molecule has 2 fully saturated rings. The van der Waals surface area contributed by atoms with E-state index < -0.39 is 6.04 Å². The molecule has 2 heterocycles. The van der Waals surface area contributed by atoms with Crippen LogP contribution in [0.2, 0.25) is 0 Å². The summed E-state index contributed by atoms with van der Waals surface area (Å²) in [5.41, 5.74) is 2.03. The summed E-state index contributed by atoms with van der Waals surface area (Å²) in [4.78, 5) is 29.9. The van der Waals surface area contributed by atoms with Gasteiger partial charge >= 0.3 is 0 Å². The van der Waals surface area contributed by atoms with E-state index in [1.165, 1.54) is 55.3 Å². The molecule has 6 heteroatoms. The second-order valence-electron chi connectivity index (χ2n) is 9.49. The predicted octanol–water partition coefficient (Wildman–Crippen LogP) is 6.84. The molecule has 5 nitrogen and oxygen atoms in total. The van der Waals surface area contributed by atoms with E-state index in [4.69, 9.17) is 4.42 Å². The van der Waals surface area contributed by atoms with Crippen LogP contribution < -0.4 is 10.2 Å². The monoisotopic (exact) mass is 476 g/mol. The Morgan fingerprint density at radius 2 is 1.65 bits per heavy atom. The highest BCUT2D eigenvalue weighted by atomic mass is 32.1. The first-order chi connectivity index (χ1) is 16.7. The third-order valence-corrected chi connectivity index (χ3v) is 8.14. The molecule has 1 N–H and O–H groups in total. The quantitative estimate of drug-likeness (QED) is 0.406. The number of hydrogen-bond acceptors (Lipinski definition) is 4. The summed E-state index contributed by atoms with van der Waals surface area (Å²) < 4.78 is 5.48. The number of furan rings is 1. The summed E-state index contributed by atoms with van der Waals surface area (Å²) in [6.07, 6.45) is 12.0. The van der Waals surface area contributed by atoms with Gasteiger partial charge < -0.3 is 9.73 Å². The Labute approximate surface area is 205 Å². The van der Waals surface area contributed by atoms with Crippen molar-refractivity contribution >= 4 is 28.8 Å². The zero-order valence-corrected chi connectivity index (χ0v) is 20.3. The van der Waals surface area contributed by atoms with Crippen molar-refractivity contribution in [3.05, 3.63) is 76.4 Å². The van der Waals surface area contributed by atoms with Gasteiger partial charge in [0.15, 0.2) is 11.8 Å². The van der Waals surface area contributed by atoms with Crippen LogP contribution >= 0.6 is 11.3 Å². The maximum atomic E-state index is 13.7. The SMILES string of the molecule is O=C(NC1CCCC1)C(c1cccs1)N(C(=O)c1ccco1)c1ccc(C2CCCCC2)cc1. The van der Waals surface area contributed by atoms with Crippen LogP contribution in [0.3, 0.4) is 0 Å². The minimum Gasteiger partial charge on any atom is -0.459 e. The topological polar surface area (TPSA) is 62.6 Å². The van der Waals surface area contributed by atoms with E-state index in [1.54, 1.807) is 17.0 Å². The highest BCUT2D eigenvalue weighted by Gasteiger charge is 2.36. The Morgan fingerprint density at radius 3 is 2.29 bits per heavy atom. The van der Waals surface area contributed by atoms with Crippen molar-refractivity contribution in [2.75, 3.05) is 4.90 Å². The third-order valence-electron chi connectivity index (χ3n) is 7.22. The van der Waals surface area contributed by atoms with Crippen molar-refractivity contribution in [1.29, 1.82) is 0 Å². The van der Waals surface area contributed by atoms with Crippen molar-refractivity contribution < 1.29 is 14.0 Å². The maximum absolute atomic E-state index is 13.7. The van der Waals surface area contributed by atoms with Gasteiger partial charge in [0.2, 0.25) is 5.91 Å². The molecule has 34 heavy (non-hydrogen) atoms. The Morgan fingerprint density at radius 1 is 0.912 bits per heavy atom. The lowest BCUT2D eigenvalue weighted by Gasteiger charge is -2.31. The van der Waals surface area contributed by atoms with E-state index in [2.05, 4.69) is 17.4 Å². The predicted molar refractivity (Wildman–Crippen MR) is 135 cm³/mol. The summed E-state index contributed by atoms with van der Waals surface area (Å²) in [5.74, 6) is 0.364. The molecule has 0 radical (unpaired) electrons. The van der Waals surface area contributed by atoms with Crippen LogP contribution in [0.15, 0.2) is 64.6 Å². The van der Waals surface area contributed by atoms with Crippen LogP contribution in [0.5, 0.6) is 0 Å². The molecule has 2 amide bonds. The van der Waals surface area contributed by atoms with Crippen molar-refractivity contribution in [1.82, 2.24) is 5.32 Å². The Kier molecular flexibility index (Phi) is 7.14. The number of rotatable bonds is 7. The molecule has 1 unspecified atom stereocenters. The lowest BCUT2D eigenvalue weighted by Crippen LogP contribution is -2.46. The van der Waals surface area contributed by atoms with Gasteiger partial charge in [0, 0.05) is 16.6 Å². The van der Waals surface area contributed by atoms with Gasteiger partial charge in [-0.2, -0.15) is 0 Å². The molecule has 0 bridgehead atoms. The van der Waals surface area contributed by atoms with Gasteiger partial charge in [-0.15, -0.1) is 11.3 Å². The Hall–Kier alpha value is -2.86. The van der Waals surface area contributed by atoms with E-state index >= 15 is 0 Å². The number of anilines is 1. The fraction of sp³-hybridized carbons (Fsp3) is 0.429. The highest BCUT2D eigenvalue weighted by molar-refractivity contribution is 7.10. The lowest BCUT2D eigenvalue weighted by atomic mass is 9.84. The lowest BCUT2D eigenvalue weighted by molar-refractivity contribution is -0.123. The molecule has 2 aromatic heterocycles. The van der Waals surface area contributed by atoms with Crippen molar-refractivity contribution in [2.24, 2.45) is 0 Å². The Balaban J connectivity index is 1.50. The van der Waals surface area contributed by atoms with E-state index in [-0.39, 0.29) is 23.6 Å². The molecule has 5 rings (SSSR count). The van der Waals surface area contributed by atoms with Gasteiger partial charge in [-0.3, -0.25) is 14.5 Å². The standard InChI is InChI=1S/C28H32N2O3S/c31-27(29-22-10-4-5-11-22)26(25-13-7-19-34-25)30(28(32)24-12-6-18-33-24)23-16-14-21(15-17-23)20-8-2-1-3-9-20/h6-7,12-20,22,26H,1-5,8-11H2,(H,29,31). The van der Waals surface area contributed by atoms with Gasteiger partial charge in [-0.25, -0.2) is 0 Å². The van der Waals surface area contributed by atoms with Crippen LogP contribution in [-0.4, -0.2) is 17.9 Å². The van der Waals surface area contributed by atoms with Crippen molar-refractivity contribution in [3.8, 4) is 0 Å². The van der Waals surface area contributed by atoms with Gasteiger partial charge in [0.05, 0.1) is 6.26 Å². The highest BCUT2D eigenvalue weighted by Crippen LogP contribution is 2.36. The zero-order valence-electron chi connectivity index (χ0n) is 19.4. The molecule has 0 spiro atoms. The van der Waals surface area contributed by atoms with Gasteiger partial charge in [0.25, 0.3) is 5.91 Å². The number of thiophene rings is 1. The largest absolute Gasteiger partial charge is 0.459 e. The molecule has 3 aromatic rings. The smallest absolute Gasteiger partial charge is 0.295 e. The van der Waals surface area contributed by atoms with Crippen molar-refractivity contribution in [2.45, 2.75) is 75.8 Å². The minimum absolute atomic E-state index is 0.134. The molecule has 2 aliphatic rings. The second-order valence-corrected chi connectivity index (χ2v) is 10.5. The number of hydrogen-bond donors (Lipinski definition) is 1. The minimum atomic E-state index is -0.751. The molecule has 0 saturated heterocycles. The summed E-state index contributed by atoms with van der Waals surface area (Å²) in [6.45, 7) is 0. The first-order valence-electron chi connectivity index (χ1n) is 12.5. The molecule has 178 valence electrons. The van der Waals surface area contributed by atoms with Gasteiger partial charge in [0.1, 0.15) is 0 Å². The normalized spacial score (nSPS) is 18.0. The maximum Gasteiger partial charge on any atom is 0.295 e. The number of amides is 2. The number of nitrogens with zero attached hydrogens (tertiary/aromatic N) is 1. The van der Waals surface area contributed by atoms with Crippen LogP contribution in [0.4, 0.5) is 5.69 Å². The number of carbonyl (C=O) groups excluding carboxylic acids is 2. The molecule has 2 aliphatic carbocycles. The number of nitrogens with one attached hydrogen (secondary N) is 1. The van der Waals surface area contributed by atoms with E-state index in [0.29, 0.717) is 11.6 Å². The number of carbonyl (C=O) groups is 2. The average molecular weight is 477 g/mol. The summed E-state index contributed by atoms with van der Waals surface area (Å²) in [5, 5.41) is 5.18. The summed E-state index contributed by atoms with van der Waals surface area (Å²) >= 11 is 1.50. The van der Waals surface area contributed by atoms with Gasteiger partial charge in [-0.05, 0) is 72.9 Å². The summed E-state index contributed by atoms with van der Waals surface area (Å²) in [7, 11) is 0. The zero-order chi connectivity index (χ0) is 23.3. The molecular formula is C28H32N2O3S. The van der Waals surface area contributed by atoms with E-state index in [9.17, 15) is 9.59 Å². The molecule has 1 atom stereocenters. The third kappa shape index (κ3) is 4.97. The second kappa shape index (κ2) is 10.6.